The first-order chi connectivity index (χ1) is 23.3. The molecule has 0 saturated heterocycles. The summed E-state index contributed by atoms with van der Waals surface area (Å²) >= 11 is 0. The molecule has 0 fully saturated rings. The lowest BCUT2D eigenvalue weighted by Crippen LogP contribution is -2.42. The second-order valence-electron chi connectivity index (χ2n) is 12.1. The molecule has 3 N–H and O–H groups in total. The summed E-state index contributed by atoms with van der Waals surface area (Å²) in [6, 6.07) is 26.8. The Morgan fingerprint density at radius 3 is 2.10 bits per heavy atom. The molecule has 8 nitrogen and oxygen atoms in total. The van der Waals surface area contributed by atoms with Gasteiger partial charge in [-0.2, -0.15) is 0 Å². The van der Waals surface area contributed by atoms with Crippen LogP contribution in [0.1, 0.15) is 55.7 Å². The van der Waals surface area contributed by atoms with Crippen LogP contribution in [0.4, 0.5) is 0 Å². The van der Waals surface area contributed by atoms with Gasteiger partial charge in [0.15, 0.2) is 0 Å². The minimum Gasteiger partial charge on any atom is -0.489 e. The van der Waals surface area contributed by atoms with Crippen molar-refractivity contribution in [2.45, 2.75) is 70.6 Å². The number of rotatable bonds is 22. The van der Waals surface area contributed by atoms with Crippen molar-refractivity contribution in [3.05, 3.63) is 127 Å². The van der Waals surface area contributed by atoms with Crippen LogP contribution in [0.2, 0.25) is 0 Å². The standard InChI is InChI=1S/C40H50N2O6/c1-4-6-9-19-35(24-31-15-10-7-11-16-31)40(46)48-30(3)27-41-39(45)34(14-5-2)26-38(44)42-36(28-43)25-32-20-22-37(23-21-32)47-29-33-17-12-8-13-18-33/h4-5,7-8,10-13,15-18,20-23,30,34-36,43H,1-2,6,9,14,19,24-29H2,3H3,(H,41,45)(H,42,44). The number of carbonyl (C=O) groups excluding carboxylic acids is 3. The molecule has 3 aromatic rings. The van der Waals surface area contributed by atoms with E-state index in [1.807, 2.05) is 91.0 Å². The lowest BCUT2D eigenvalue weighted by atomic mass is 9.94. The molecule has 0 aliphatic heterocycles. The van der Waals surface area contributed by atoms with Gasteiger partial charge >= 0.3 is 5.97 Å². The molecule has 0 radical (unpaired) electrons. The van der Waals surface area contributed by atoms with E-state index in [2.05, 4.69) is 23.8 Å². The fraction of sp³-hybridized carbons (Fsp3) is 0.375. The molecule has 0 aromatic heterocycles. The number of aliphatic hydroxyl groups excluding tert-OH is 1. The van der Waals surface area contributed by atoms with Crippen LogP contribution in [0.25, 0.3) is 0 Å². The van der Waals surface area contributed by atoms with E-state index in [1.54, 1.807) is 13.0 Å². The molecule has 0 bridgehead atoms. The summed E-state index contributed by atoms with van der Waals surface area (Å²) in [5, 5.41) is 15.7. The first kappa shape index (κ1) is 37.8. The van der Waals surface area contributed by atoms with Crippen molar-refractivity contribution in [2.75, 3.05) is 13.2 Å². The summed E-state index contributed by atoms with van der Waals surface area (Å²) in [6.45, 7) is 9.58. The normalized spacial score (nSPS) is 13.3. The van der Waals surface area contributed by atoms with E-state index >= 15 is 0 Å². The second kappa shape index (κ2) is 21.2. The van der Waals surface area contributed by atoms with E-state index in [4.69, 9.17) is 9.47 Å². The number of amides is 2. The lowest BCUT2D eigenvalue weighted by molar-refractivity contribution is -0.153. The summed E-state index contributed by atoms with van der Waals surface area (Å²) in [6.07, 6.45) is 6.45. The van der Waals surface area contributed by atoms with Crippen LogP contribution < -0.4 is 15.4 Å². The van der Waals surface area contributed by atoms with Crippen LogP contribution in [0.3, 0.4) is 0 Å². The Morgan fingerprint density at radius 2 is 1.48 bits per heavy atom. The van der Waals surface area contributed by atoms with Crippen LogP contribution in [0, 0.1) is 11.8 Å². The van der Waals surface area contributed by atoms with Crippen molar-refractivity contribution < 1.29 is 29.0 Å². The van der Waals surface area contributed by atoms with Crippen LogP contribution in [-0.2, 0) is 38.6 Å². The van der Waals surface area contributed by atoms with Crippen molar-refractivity contribution in [1.29, 1.82) is 0 Å². The average Bonchev–Trinajstić information content (AvgIpc) is 3.10. The van der Waals surface area contributed by atoms with Gasteiger partial charge in [0.05, 0.1) is 31.0 Å². The smallest absolute Gasteiger partial charge is 0.309 e. The summed E-state index contributed by atoms with van der Waals surface area (Å²) < 4.78 is 11.6. The fourth-order valence-electron chi connectivity index (χ4n) is 5.34. The number of hydrogen-bond acceptors (Lipinski definition) is 6. The van der Waals surface area contributed by atoms with E-state index in [0.717, 1.165) is 35.3 Å². The molecular weight excluding hydrogens is 604 g/mol. The first-order valence-electron chi connectivity index (χ1n) is 16.7. The molecule has 3 rings (SSSR count). The number of nitrogens with one attached hydrogen (secondary N) is 2. The van der Waals surface area contributed by atoms with E-state index in [0.29, 0.717) is 32.3 Å². The maximum atomic E-state index is 13.1. The third-order valence-corrected chi connectivity index (χ3v) is 7.99. The summed E-state index contributed by atoms with van der Waals surface area (Å²) in [5.41, 5.74) is 3.07. The molecule has 4 atom stereocenters. The average molecular weight is 655 g/mol. The van der Waals surface area contributed by atoms with Gasteiger partial charge in [-0.05, 0) is 74.3 Å². The maximum Gasteiger partial charge on any atom is 0.309 e. The Kier molecular flexibility index (Phi) is 16.7. The highest BCUT2D eigenvalue weighted by molar-refractivity contribution is 5.86. The van der Waals surface area contributed by atoms with Crippen molar-refractivity contribution in [3.8, 4) is 5.75 Å². The van der Waals surface area contributed by atoms with E-state index in [9.17, 15) is 19.5 Å². The number of esters is 1. The quantitative estimate of drug-likeness (QED) is 0.0683. The SMILES string of the molecule is C=CCCCC(Cc1ccccc1)C(=O)OC(C)CNC(=O)C(CC=C)CC(=O)NC(CO)Cc1ccc(OCc2ccccc2)cc1. The molecule has 256 valence electrons. The highest BCUT2D eigenvalue weighted by Crippen LogP contribution is 2.19. The molecule has 0 heterocycles. The molecule has 0 aliphatic carbocycles. The van der Waals surface area contributed by atoms with E-state index in [1.165, 1.54) is 0 Å². The van der Waals surface area contributed by atoms with Gasteiger partial charge in [-0.15, -0.1) is 13.2 Å². The molecule has 8 heteroatoms. The van der Waals surface area contributed by atoms with Crippen molar-refractivity contribution in [1.82, 2.24) is 10.6 Å². The van der Waals surface area contributed by atoms with E-state index < -0.39 is 18.1 Å². The number of benzene rings is 3. The van der Waals surface area contributed by atoms with Crippen molar-refractivity contribution in [2.24, 2.45) is 11.8 Å². The van der Waals surface area contributed by atoms with E-state index in [-0.39, 0.29) is 43.3 Å². The summed E-state index contributed by atoms with van der Waals surface area (Å²) in [5.74, 6) is -1.20. The zero-order chi connectivity index (χ0) is 34.6. The van der Waals surface area contributed by atoms with Gasteiger partial charge in [-0.3, -0.25) is 14.4 Å². The fourth-order valence-corrected chi connectivity index (χ4v) is 5.34. The minimum absolute atomic E-state index is 0.0722. The topological polar surface area (TPSA) is 114 Å². The van der Waals surface area contributed by atoms with Gasteiger partial charge in [-0.25, -0.2) is 0 Å². The molecule has 48 heavy (non-hydrogen) atoms. The Labute approximate surface area is 285 Å². The van der Waals surface area contributed by atoms with Gasteiger partial charge in [-0.1, -0.05) is 84.9 Å². The zero-order valence-electron chi connectivity index (χ0n) is 28.0. The predicted molar refractivity (Wildman–Crippen MR) is 189 cm³/mol. The zero-order valence-corrected chi connectivity index (χ0v) is 28.0. The third kappa shape index (κ3) is 14.0. The monoisotopic (exact) mass is 654 g/mol. The molecule has 0 spiro atoms. The van der Waals surface area contributed by atoms with Gasteiger partial charge in [0.2, 0.25) is 11.8 Å². The second-order valence-corrected chi connectivity index (χ2v) is 12.1. The highest BCUT2D eigenvalue weighted by atomic mass is 16.5. The molecule has 0 saturated carbocycles. The Balaban J connectivity index is 1.46. The van der Waals surface area contributed by atoms with Crippen LogP contribution >= 0.6 is 0 Å². The number of aliphatic hydroxyl groups is 1. The van der Waals surface area contributed by atoms with Gasteiger partial charge in [0.25, 0.3) is 0 Å². The van der Waals surface area contributed by atoms with Crippen LogP contribution in [0.5, 0.6) is 5.75 Å². The predicted octanol–water partition coefficient (Wildman–Crippen LogP) is 6.13. The lowest BCUT2D eigenvalue weighted by Gasteiger charge is -2.22. The molecular formula is C40H50N2O6. The Bertz CT molecular complexity index is 1410. The Morgan fingerprint density at radius 1 is 0.833 bits per heavy atom. The van der Waals surface area contributed by atoms with Gasteiger partial charge < -0.3 is 25.2 Å². The summed E-state index contributed by atoms with van der Waals surface area (Å²) in [4.78, 5) is 39.1. The molecule has 3 aromatic carbocycles. The Hall–Kier alpha value is -4.69. The molecule has 2 amide bonds. The van der Waals surface area contributed by atoms with Gasteiger partial charge in [0, 0.05) is 6.42 Å². The van der Waals surface area contributed by atoms with Gasteiger partial charge in [0.1, 0.15) is 18.5 Å². The number of allylic oxidation sites excluding steroid dienone is 2. The molecule has 4 unspecified atom stereocenters. The number of hydrogen-bond donors (Lipinski definition) is 3. The maximum absolute atomic E-state index is 13.1. The highest BCUT2D eigenvalue weighted by Gasteiger charge is 2.25. The molecule has 0 aliphatic rings. The summed E-state index contributed by atoms with van der Waals surface area (Å²) in [7, 11) is 0. The number of ether oxygens (including phenoxy) is 2. The van der Waals surface area contributed by atoms with Crippen LogP contribution in [-0.4, -0.2) is 48.2 Å². The minimum atomic E-state index is -0.657. The van der Waals surface area contributed by atoms with Crippen LogP contribution in [0.15, 0.2) is 110 Å². The third-order valence-electron chi connectivity index (χ3n) is 7.99. The number of carbonyl (C=O) groups is 3. The van der Waals surface area contributed by atoms with Crippen molar-refractivity contribution in [3.63, 3.8) is 0 Å². The first-order valence-corrected chi connectivity index (χ1v) is 16.7. The largest absolute Gasteiger partial charge is 0.489 e. The van der Waals surface area contributed by atoms with Crippen molar-refractivity contribution >= 4 is 17.8 Å². The number of unbranched alkanes of at least 4 members (excludes halogenated alkanes) is 1.